The van der Waals surface area contributed by atoms with Gasteiger partial charge in [0.15, 0.2) is 0 Å². The van der Waals surface area contributed by atoms with Gasteiger partial charge in [-0.3, -0.25) is 0 Å². The lowest BCUT2D eigenvalue weighted by Crippen LogP contribution is -1.97. The summed E-state index contributed by atoms with van der Waals surface area (Å²) < 4.78 is 28.4. The van der Waals surface area contributed by atoms with Crippen LogP contribution in [0.15, 0.2) is 28.1 Å². The van der Waals surface area contributed by atoms with Gasteiger partial charge in [-0.25, -0.2) is 8.78 Å². The third-order valence-corrected chi connectivity index (χ3v) is 5.63. The van der Waals surface area contributed by atoms with Gasteiger partial charge in [-0.1, -0.05) is 15.9 Å². The summed E-state index contributed by atoms with van der Waals surface area (Å²) in [7, 11) is 0. The molecular weight excluding hydrogens is 489 g/mol. The Labute approximate surface area is 132 Å². The average molecular weight is 494 g/mol. The minimum Gasteiger partial charge on any atom is -0.207 e. The third kappa shape index (κ3) is 3.08. The van der Waals surface area contributed by atoms with Crippen LogP contribution in [0.5, 0.6) is 0 Å². The van der Waals surface area contributed by atoms with Gasteiger partial charge in [-0.05, 0) is 67.7 Å². The summed E-state index contributed by atoms with van der Waals surface area (Å²) in [6.45, 7) is 0. The minimum atomic E-state index is -0.462. The zero-order chi connectivity index (χ0) is 12.6. The molecular formula is C11H5Br2F2IS. The summed E-state index contributed by atoms with van der Waals surface area (Å²) >= 11 is 10.1. The third-order valence-electron chi connectivity index (χ3n) is 2.19. The quantitative estimate of drug-likeness (QED) is 0.278. The predicted octanol–water partition coefficient (Wildman–Crippen LogP) is 5.88. The highest BCUT2D eigenvalue weighted by Gasteiger charge is 2.18. The summed E-state index contributed by atoms with van der Waals surface area (Å²) in [4.78, 5) is -0.329. The zero-order valence-electron chi connectivity index (χ0n) is 8.18. The normalized spacial score (nSPS) is 12.8. The Hall–Kier alpha value is 0.470. The van der Waals surface area contributed by atoms with E-state index in [9.17, 15) is 8.78 Å². The number of halogens is 5. The van der Waals surface area contributed by atoms with Gasteiger partial charge in [-0.15, -0.1) is 11.3 Å². The summed E-state index contributed by atoms with van der Waals surface area (Å²) in [5, 5.41) is 1.93. The van der Waals surface area contributed by atoms with Crippen LogP contribution in [0.25, 0.3) is 0 Å². The summed E-state index contributed by atoms with van der Waals surface area (Å²) in [6.07, 6.45) is 0. The first-order valence-corrected chi connectivity index (χ1v) is 8.18. The molecule has 0 saturated heterocycles. The fraction of sp³-hybridized carbons (Fsp3) is 0.0909. The first-order valence-electron chi connectivity index (χ1n) is 4.51. The van der Waals surface area contributed by atoms with Crippen LogP contribution in [0.4, 0.5) is 8.78 Å². The monoisotopic (exact) mass is 492 g/mol. The van der Waals surface area contributed by atoms with Crippen molar-refractivity contribution in [3.63, 3.8) is 0 Å². The van der Waals surface area contributed by atoms with Crippen LogP contribution < -0.4 is 0 Å². The molecule has 0 spiro atoms. The lowest BCUT2D eigenvalue weighted by atomic mass is 10.1. The number of hydrogen-bond donors (Lipinski definition) is 0. The highest BCUT2D eigenvalue weighted by Crippen LogP contribution is 2.36. The molecule has 0 aliphatic carbocycles. The molecule has 0 radical (unpaired) electrons. The van der Waals surface area contributed by atoms with Gasteiger partial charge in [0.2, 0.25) is 0 Å². The molecule has 1 heterocycles. The Morgan fingerprint density at radius 2 is 1.88 bits per heavy atom. The van der Waals surface area contributed by atoms with Crippen molar-refractivity contribution < 1.29 is 8.78 Å². The Bertz CT molecular complexity index is 556. The molecule has 0 aliphatic heterocycles. The van der Waals surface area contributed by atoms with E-state index in [2.05, 4.69) is 54.5 Å². The fourth-order valence-electron chi connectivity index (χ4n) is 1.37. The molecule has 0 aliphatic rings. The van der Waals surface area contributed by atoms with Crippen molar-refractivity contribution >= 4 is 65.8 Å². The molecule has 1 aromatic heterocycles. The summed E-state index contributed by atoms with van der Waals surface area (Å²) in [5.41, 5.74) is 1.24. The van der Waals surface area contributed by atoms with Gasteiger partial charge >= 0.3 is 0 Å². The molecule has 2 rings (SSSR count). The maximum absolute atomic E-state index is 13.7. The van der Waals surface area contributed by atoms with E-state index in [1.807, 2.05) is 11.4 Å². The van der Waals surface area contributed by atoms with Crippen LogP contribution >= 0.6 is 65.8 Å². The van der Waals surface area contributed by atoms with Gasteiger partial charge in [0, 0.05) is 5.56 Å². The van der Waals surface area contributed by atoms with Crippen LogP contribution in [0.2, 0.25) is 0 Å². The van der Waals surface area contributed by atoms with Crippen molar-refractivity contribution in [2.24, 2.45) is 0 Å². The molecule has 0 amide bonds. The van der Waals surface area contributed by atoms with Gasteiger partial charge in [-0.2, -0.15) is 0 Å². The highest BCUT2D eigenvalue weighted by atomic mass is 127. The second kappa shape index (κ2) is 5.63. The average Bonchev–Trinajstić information content (AvgIpc) is 2.69. The van der Waals surface area contributed by atoms with E-state index >= 15 is 0 Å². The van der Waals surface area contributed by atoms with Crippen molar-refractivity contribution in [2.45, 2.75) is 4.83 Å². The Balaban J connectivity index is 2.43. The summed E-state index contributed by atoms with van der Waals surface area (Å²) in [5.74, 6) is -0.892. The molecule has 17 heavy (non-hydrogen) atoms. The van der Waals surface area contributed by atoms with E-state index in [0.717, 1.165) is 14.5 Å². The topological polar surface area (TPSA) is 0 Å². The lowest BCUT2D eigenvalue weighted by Gasteiger charge is -2.10. The van der Waals surface area contributed by atoms with Crippen molar-refractivity contribution in [2.75, 3.05) is 0 Å². The molecule has 1 aromatic carbocycles. The molecule has 1 unspecified atom stereocenters. The maximum Gasteiger partial charge on any atom is 0.137 e. The number of alkyl halides is 1. The predicted molar refractivity (Wildman–Crippen MR) is 81.9 cm³/mol. The largest absolute Gasteiger partial charge is 0.207 e. The molecule has 0 N–H and O–H groups in total. The second-order valence-electron chi connectivity index (χ2n) is 3.33. The van der Waals surface area contributed by atoms with Crippen molar-refractivity contribution in [3.05, 3.63) is 53.7 Å². The van der Waals surface area contributed by atoms with Gasteiger partial charge < -0.3 is 0 Å². The molecule has 0 bridgehead atoms. The lowest BCUT2D eigenvalue weighted by molar-refractivity contribution is 0.583. The van der Waals surface area contributed by atoms with Gasteiger partial charge in [0.1, 0.15) is 11.6 Å². The first kappa shape index (κ1) is 13.9. The molecule has 0 nitrogen and oxygen atoms in total. The number of hydrogen-bond acceptors (Lipinski definition) is 1. The number of rotatable bonds is 2. The van der Waals surface area contributed by atoms with E-state index in [0.29, 0.717) is 5.56 Å². The highest BCUT2D eigenvalue weighted by molar-refractivity contribution is 14.1. The second-order valence-corrected chi connectivity index (χ2v) is 7.91. The fourth-order valence-corrected chi connectivity index (χ4v) is 3.87. The van der Waals surface area contributed by atoms with E-state index in [4.69, 9.17) is 0 Å². The van der Waals surface area contributed by atoms with Crippen molar-refractivity contribution in [1.29, 1.82) is 0 Å². The SMILES string of the molecule is Fc1cc(C(Br)c2csc(I)c2)c(F)cc1Br. The van der Waals surface area contributed by atoms with Gasteiger partial charge in [0.05, 0.1) is 12.2 Å². The Kier molecular flexibility index (Phi) is 4.60. The smallest absolute Gasteiger partial charge is 0.137 e. The van der Waals surface area contributed by atoms with Crippen LogP contribution in [-0.2, 0) is 0 Å². The standard InChI is InChI=1S/C11H5Br2F2IS/c12-7-3-8(14)6(2-9(7)15)11(13)5-1-10(16)17-4-5/h1-4,11H. The van der Waals surface area contributed by atoms with Crippen LogP contribution in [0.3, 0.4) is 0 Å². The van der Waals surface area contributed by atoms with E-state index < -0.39 is 11.6 Å². The first-order chi connectivity index (χ1) is 7.99. The molecule has 0 fully saturated rings. The van der Waals surface area contributed by atoms with E-state index in [-0.39, 0.29) is 9.30 Å². The van der Waals surface area contributed by atoms with Gasteiger partial charge in [0.25, 0.3) is 0 Å². The van der Waals surface area contributed by atoms with Crippen molar-refractivity contribution in [1.82, 2.24) is 0 Å². The van der Waals surface area contributed by atoms with E-state index in [1.165, 1.54) is 6.07 Å². The van der Waals surface area contributed by atoms with Crippen LogP contribution in [0.1, 0.15) is 16.0 Å². The minimum absolute atomic E-state index is 0.137. The number of benzene rings is 1. The molecule has 0 saturated carbocycles. The molecule has 1 atom stereocenters. The van der Waals surface area contributed by atoms with Crippen LogP contribution in [0, 0.1) is 14.5 Å². The Morgan fingerprint density at radius 3 is 2.47 bits per heavy atom. The molecule has 90 valence electrons. The van der Waals surface area contributed by atoms with Crippen LogP contribution in [-0.4, -0.2) is 0 Å². The molecule has 2 aromatic rings. The molecule has 6 heteroatoms. The maximum atomic E-state index is 13.7. The number of thiophene rings is 1. The zero-order valence-corrected chi connectivity index (χ0v) is 14.3. The Morgan fingerprint density at radius 1 is 1.18 bits per heavy atom. The summed E-state index contributed by atoms with van der Waals surface area (Å²) in [6, 6.07) is 4.31. The van der Waals surface area contributed by atoms with Crippen molar-refractivity contribution in [3.8, 4) is 0 Å². The van der Waals surface area contributed by atoms with E-state index in [1.54, 1.807) is 11.3 Å².